The number of aromatic nitrogens is 4. The zero-order valence-corrected chi connectivity index (χ0v) is 26.3. The predicted octanol–water partition coefficient (Wildman–Crippen LogP) is 5.77. The number of rotatable bonds is 6. The highest BCUT2D eigenvalue weighted by molar-refractivity contribution is 6.03. The minimum atomic E-state index is -1.000. The molecule has 0 radical (unpaired) electrons. The van der Waals surface area contributed by atoms with Gasteiger partial charge in [0.25, 0.3) is 11.5 Å². The molecule has 0 saturated carbocycles. The van der Waals surface area contributed by atoms with Gasteiger partial charge in [0.05, 0.1) is 29.8 Å². The quantitative estimate of drug-likeness (QED) is 0.243. The maximum Gasteiger partial charge on any atom is 0.263 e. The summed E-state index contributed by atoms with van der Waals surface area (Å²) < 4.78 is 30.9. The summed E-state index contributed by atoms with van der Waals surface area (Å²) in [7, 11) is 0. The summed E-state index contributed by atoms with van der Waals surface area (Å²) in [5, 5.41) is 3.69. The van der Waals surface area contributed by atoms with Gasteiger partial charge in [-0.15, -0.1) is 0 Å². The molecule has 10 heteroatoms. The van der Waals surface area contributed by atoms with Gasteiger partial charge >= 0.3 is 0 Å². The van der Waals surface area contributed by atoms with E-state index in [1.807, 2.05) is 24.4 Å². The number of imidazole rings is 1. The fourth-order valence-corrected chi connectivity index (χ4v) is 6.36. The van der Waals surface area contributed by atoms with Gasteiger partial charge in [0.15, 0.2) is 11.6 Å². The van der Waals surface area contributed by atoms with Gasteiger partial charge in [-0.1, -0.05) is 17.9 Å². The van der Waals surface area contributed by atoms with Crippen LogP contribution in [0.2, 0.25) is 0 Å². The average molecular weight is 623 g/mol. The minimum absolute atomic E-state index is 0.0256. The molecule has 4 heterocycles. The number of hydrogen-bond acceptors (Lipinski definition) is 5. The second-order valence-corrected chi connectivity index (χ2v) is 12.1. The van der Waals surface area contributed by atoms with Crippen LogP contribution < -0.4 is 10.9 Å². The van der Waals surface area contributed by atoms with Crippen LogP contribution in [0.3, 0.4) is 0 Å². The fraction of sp³-hybridized carbons (Fsp3) is 0.333. The molecule has 0 spiro atoms. The minimum Gasteiger partial charge on any atom is -0.341 e. The third-order valence-corrected chi connectivity index (χ3v) is 8.92. The van der Waals surface area contributed by atoms with E-state index >= 15 is 0 Å². The van der Waals surface area contributed by atoms with Crippen molar-refractivity contribution in [2.75, 3.05) is 19.6 Å². The largest absolute Gasteiger partial charge is 0.341 e. The van der Waals surface area contributed by atoms with E-state index in [4.69, 9.17) is 4.98 Å². The van der Waals surface area contributed by atoms with E-state index in [0.29, 0.717) is 17.6 Å². The molecule has 46 heavy (non-hydrogen) atoms. The van der Waals surface area contributed by atoms with Gasteiger partial charge in [0, 0.05) is 42.3 Å². The summed E-state index contributed by atoms with van der Waals surface area (Å²) in [4.78, 5) is 38.1. The summed E-state index contributed by atoms with van der Waals surface area (Å²) in [6.45, 7) is 10.3. The van der Waals surface area contributed by atoms with Crippen LogP contribution in [0.15, 0.2) is 65.7 Å². The number of amides is 1. The van der Waals surface area contributed by atoms with Crippen molar-refractivity contribution in [1.29, 1.82) is 0 Å². The maximum absolute atomic E-state index is 13.8. The number of carbonyl (C=O) groups is 1. The Balaban J connectivity index is 1.20. The number of aryl methyl sites for hydroxylation is 1. The first-order valence-electron chi connectivity index (χ1n) is 15.6. The lowest BCUT2D eigenvalue weighted by molar-refractivity contribution is 0.0956. The number of nitrogens with zero attached hydrogens (tertiary/aromatic N) is 5. The zero-order chi connectivity index (χ0) is 32.5. The molecule has 1 unspecified atom stereocenters. The number of nitrogens with one attached hydrogen (secondary N) is 1. The first-order chi connectivity index (χ1) is 22.1. The molecule has 1 aliphatic heterocycles. The molecule has 1 atom stereocenters. The third-order valence-electron chi connectivity index (χ3n) is 8.92. The highest BCUT2D eigenvalue weighted by Crippen LogP contribution is 2.33. The van der Waals surface area contributed by atoms with Crippen LogP contribution in [-0.4, -0.2) is 55.6 Å². The fourth-order valence-electron chi connectivity index (χ4n) is 6.36. The van der Waals surface area contributed by atoms with E-state index < -0.39 is 29.1 Å². The van der Waals surface area contributed by atoms with Crippen molar-refractivity contribution >= 4 is 27.8 Å². The van der Waals surface area contributed by atoms with E-state index in [1.54, 1.807) is 13.0 Å². The van der Waals surface area contributed by atoms with Crippen LogP contribution in [-0.2, 0) is 0 Å². The van der Waals surface area contributed by atoms with Gasteiger partial charge < -0.3 is 19.4 Å². The number of piperidine rings is 1. The summed E-state index contributed by atoms with van der Waals surface area (Å²) in [6, 6.07) is 12.6. The second kappa shape index (κ2) is 12.9. The lowest BCUT2D eigenvalue weighted by Crippen LogP contribution is -2.39. The Morgan fingerprint density at radius 3 is 2.57 bits per heavy atom. The van der Waals surface area contributed by atoms with Crippen LogP contribution in [0.1, 0.15) is 73.0 Å². The molecular formula is C36H36F2N6O2. The van der Waals surface area contributed by atoms with Crippen molar-refractivity contribution in [3.8, 4) is 11.8 Å². The molecule has 1 fully saturated rings. The lowest BCUT2D eigenvalue weighted by Gasteiger charge is -2.35. The van der Waals surface area contributed by atoms with Gasteiger partial charge in [0.2, 0.25) is 0 Å². The SMILES string of the molecule is Cc1nc2cnc3ccc(C#CCNC(=O)c4cccn(C(C)c5ccc(F)c(F)c5)c4=O)cc3c2n1C1CCN(C(C)C)CC1. The highest BCUT2D eigenvalue weighted by Gasteiger charge is 2.25. The van der Waals surface area contributed by atoms with Crippen molar-refractivity contribution in [3.63, 3.8) is 0 Å². The number of carbonyl (C=O) groups excluding carboxylic acids is 1. The Labute approximate surface area is 266 Å². The number of benzene rings is 2. The predicted molar refractivity (Wildman–Crippen MR) is 175 cm³/mol. The van der Waals surface area contributed by atoms with Crippen molar-refractivity contribution in [2.24, 2.45) is 0 Å². The van der Waals surface area contributed by atoms with E-state index in [9.17, 15) is 18.4 Å². The Morgan fingerprint density at radius 1 is 1.04 bits per heavy atom. The van der Waals surface area contributed by atoms with Crippen molar-refractivity contribution in [3.05, 3.63) is 105 Å². The number of likely N-dealkylation sites (tertiary alicyclic amines) is 1. The molecule has 3 aromatic heterocycles. The molecule has 5 aromatic rings. The molecule has 236 valence electrons. The first kappa shape index (κ1) is 31.1. The Bertz CT molecular complexity index is 2060. The zero-order valence-electron chi connectivity index (χ0n) is 26.3. The molecule has 1 N–H and O–H groups in total. The van der Waals surface area contributed by atoms with Crippen LogP contribution in [0.4, 0.5) is 8.78 Å². The van der Waals surface area contributed by atoms with E-state index in [-0.39, 0.29) is 12.1 Å². The molecule has 1 aliphatic rings. The molecule has 1 amide bonds. The summed E-state index contributed by atoms with van der Waals surface area (Å²) >= 11 is 0. The van der Waals surface area contributed by atoms with E-state index in [1.165, 1.54) is 22.9 Å². The number of halogens is 2. The monoisotopic (exact) mass is 622 g/mol. The summed E-state index contributed by atoms with van der Waals surface area (Å²) in [5.74, 6) is 4.56. The third kappa shape index (κ3) is 6.03. The van der Waals surface area contributed by atoms with Gasteiger partial charge in [-0.2, -0.15) is 0 Å². The van der Waals surface area contributed by atoms with Crippen molar-refractivity contribution in [2.45, 2.75) is 58.7 Å². The van der Waals surface area contributed by atoms with E-state index in [2.05, 4.69) is 52.4 Å². The van der Waals surface area contributed by atoms with Crippen LogP contribution in [0, 0.1) is 30.4 Å². The van der Waals surface area contributed by atoms with Crippen LogP contribution in [0.5, 0.6) is 0 Å². The number of pyridine rings is 2. The molecule has 8 nitrogen and oxygen atoms in total. The van der Waals surface area contributed by atoms with Gasteiger partial charge in [-0.25, -0.2) is 13.8 Å². The summed E-state index contributed by atoms with van der Waals surface area (Å²) in [6.07, 6.45) is 5.47. The van der Waals surface area contributed by atoms with Gasteiger partial charge in [0.1, 0.15) is 16.9 Å². The average Bonchev–Trinajstić information content (AvgIpc) is 3.40. The first-order valence-corrected chi connectivity index (χ1v) is 15.6. The molecule has 0 bridgehead atoms. The lowest BCUT2D eigenvalue weighted by atomic mass is 10.0. The van der Waals surface area contributed by atoms with Crippen molar-refractivity contribution < 1.29 is 13.6 Å². The standard InChI is InChI=1S/C36H36F2N6O2/c1-22(2)42-17-13-27(14-18-42)44-24(4)41-33-21-40-32-12-9-25(19-29(32)34(33)44)7-5-15-39-35(45)28-8-6-16-43(36(28)46)23(3)26-10-11-30(37)31(38)20-26/h6,8-12,16,19-23,27H,13-15,17-18H2,1-4H3,(H,39,45). The maximum atomic E-state index is 13.8. The Hall–Kier alpha value is -4.88. The second-order valence-electron chi connectivity index (χ2n) is 12.1. The van der Waals surface area contributed by atoms with Gasteiger partial charge in [-0.05, 0) is 88.6 Å². The Kier molecular flexibility index (Phi) is 8.69. The Morgan fingerprint density at radius 2 is 1.83 bits per heavy atom. The molecule has 6 rings (SSSR count). The highest BCUT2D eigenvalue weighted by atomic mass is 19.2. The van der Waals surface area contributed by atoms with Gasteiger partial charge in [-0.3, -0.25) is 14.6 Å². The molecular weight excluding hydrogens is 586 g/mol. The number of fused-ring (bicyclic) bond motifs is 3. The number of hydrogen-bond donors (Lipinski definition) is 1. The topological polar surface area (TPSA) is 85.0 Å². The smallest absolute Gasteiger partial charge is 0.263 e. The van der Waals surface area contributed by atoms with E-state index in [0.717, 1.165) is 71.4 Å². The molecule has 1 saturated heterocycles. The van der Waals surface area contributed by atoms with Crippen LogP contribution in [0.25, 0.3) is 21.9 Å². The van der Waals surface area contributed by atoms with Crippen molar-refractivity contribution in [1.82, 2.24) is 29.3 Å². The molecule has 0 aliphatic carbocycles. The van der Waals surface area contributed by atoms with Crippen LogP contribution >= 0.6 is 0 Å². The summed E-state index contributed by atoms with van der Waals surface area (Å²) in [5.41, 5.74) is 3.37. The molecule has 2 aromatic carbocycles. The normalized spacial score (nSPS) is 14.8.